The van der Waals surface area contributed by atoms with Gasteiger partial charge in [0.15, 0.2) is 0 Å². The highest BCUT2D eigenvalue weighted by molar-refractivity contribution is 5.63. The van der Waals surface area contributed by atoms with E-state index in [1.54, 1.807) is 16.7 Å². The highest BCUT2D eigenvalue weighted by Gasteiger charge is 2.10. The summed E-state index contributed by atoms with van der Waals surface area (Å²) >= 11 is 0. The van der Waals surface area contributed by atoms with Gasteiger partial charge in [0.05, 0.1) is 16.8 Å². The molecule has 0 saturated heterocycles. The Morgan fingerprint density at radius 2 is 1.81 bits per heavy atom. The Balaban J connectivity index is 1.52. The first kappa shape index (κ1) is 16.8. The number of benzene rings is 2. The van der Waals surface area contributed by atoms with Crippen LogP contribution in [0.25, 0.3) is 16.9 Å². The fraction of sp³-hybridized carbons (Fsp3) is 0.0952. The van der Waals surface area contributed by atoms with Crippen molar-refractivity contribution in [2.24, 2.45) is 0 Å². The molecule has 0 aliphatic heterocycles. The van der Waals surface area contributed by atoms with E-state index < -0.39 is 4.92 Å². The Labute approximate surface area is 155 Å². The Morgan fingerprint density at radius 3 is 2.56 bits per heavy atom. The molecule has 0 bridgehead atoms. The first-order valence-corrected chi connectivity index (χ1v) is 8.51. The van der Waals surface area contributed by atoms with E-state index in [0.29, 0.717) is 12.3 Å². The Bertz CT molecular complexity index is 1120. The minimum atomic E-state index is -0.417. The van der Waals surface area contributed by atoms with Crippen molar-refractivity contribution in [3.63, 3.8) is 0 Å². The number of imidazole rings is 1. The van der Waals surface area contributed by atoms with Crippen LogP contribution in [-0.2, 0) is 6.61 Å². The van der Waals surface area contributed by atoms with Crippen LogP contribution in [0.1, 0.15) is 11.1 Å². The summed E-state index contributed by atoms with van der Waals surface area (Å²) in [6.07, 6.45) is 3.25. The number of rotatable bonds is 5. The van der Waals surface area contributed by atoms with Gasteiger partial charge in [-0.1, -0.05) is 24.3 Å². The molecule has 4 aromatic rings. The van der Waals surface area contributed by atoms with E-state index in [2.05, 4.69) is 24.0 Å². The van der Waals surface area contributed by atoms with Crippen molar-refractivity contribution in [3.05, 3.63) is 94.3 Å². The number of hydrogen-bond donors (Lipinski definition) is 0. The second-order valence-electron chi connectivity index (χ2n) is 6.28. The van der Waals surface area contributed by atoms with E-state index in [1.165, 1.54) is 17.8 Å². The quantitative estimate of drug-likeness (QED) is 0.379. The molecule has 2 aromatic heterocycles. The van der Waals surface area contributed by atoms with E-state index >= 15 is 0 Å². The molecule has 0 amide bonds. The van der Waals surface area contributed by atoms with E-state index in [9.17, 15) is 10.1 Å². The molecule has 0 N–H and O–H groups in total. The predicted molar refractivity (Wildman–Crippen MR) is 103 cm³/mol. The Morgan fingerprint density at radius 1 is 1.04 bits per heavy atom. The summed E-state index contributed by atoms with van der Waals surface area (Å²) in [6, 6.07) is 18.9. The lowest BCUT2D eigenvalue weighted by atomic mass is 10.1. The summed E-state index contributed by atoms with van der Waals surface area (Å²) in [6.45, 7) is 2.58. The molecule has 2 aromatic carbocycles. The van der Waals surface area contributed by atoms with Crippen LogP contribution in [0.15, 0.2) is 73.1 Å². The second kappa shape index (κ2) is 6.92. The number of hydrogen-bond acceptors (Lipinski definition) is 4. The molecular weight excluding hydrogens is 342 g/mol. The summed E-state index contributed by atoms with van der Waals surface area (Å²) in [7, 11) is 0. The molecule has 134 valence electrons. The zero-order valence-corrected chi connectivity index (χ0v) is 14.7. The largest absolute Gasteiger partial charge is 0.489 e. The van der Waals surface area contributed by atoms with Crippen LogP contribution >= 0.6 is 0 Å². The van der Waals surface area contributed by atoms with Gasteiger partial charge < -0.3 is 4.74 Å². The van der Waals surface area contributed by atoms with Gasteiger partial charge in [-0.2, -0.15) is 0 Å². The molecule has 2 heterocycles. The Hall–Kier alpha value is -3.67. The molecule has 0 aliphatic carbocycles. The van der Waals surface area contributed by atoms with Gasteiger partial charge in [-0.15, -0.1) is 0 Å². The SMILES string of the molecule is Cc1ccccc1COc1ccc(-c2cn3cc([N+](=O)[O-])ccc3n2)cc1. The van der Waals surface area contributed by atoms with Gasteiger partial charge >= 0.3 is 0 Å². The molecule has 6 heteroatoms. The van der Waals surface area contributed by atoms with Gasteiger partial charge in [0.2, 0.25) is 0 Å². The minimum absolute atomic E-state index is 0.0337. The van der Waals surface area contributed by atoms with Crippen LogP contribution in [0.4, 0.5) is 5.69 Å². The maximum atomic E-state index is 10.9. The maximum absolute atomic E-state index is 10.9. The van der Waals surface area contributed by atoms with Crippen LogP contribution < -0.4 is 4.74 Å². The first-order valence-electron chi connectivity index (χ1n) is 8.51. The third-order valence-electron chi connectivity index (χ3n) is 4.45. The molecule has 0 fully saturated rings. The van der Waals surface area contributed by atoms with E-state index in [4.69, 9.17) is 4.74 Å². The third-order valence-corrected chi connectivity index (χ3v) is 4.45. The number of nitro groups is 1. The van der Waals surface area contributed by atoms with E-state index in [0.717, 1.165) is 22.6 Å². The lowest BCUT2D eigenvalue weighted by Crippen LogP contribution is -1.97. The van der Waals surface area contributed by atoms with Gasteiger partial charge in [-0.05, 0) is 48.4 Å². The average Bonchev–Trinajstić information content (AvgIpc) is 3.11. The highest BCUT2D eigenvalue weighted by Crippen LogP contribution is 2.24. The fourth-order valence-corrected chi connectivity index (χ4v) is 2.88. The van der Waals surface area contributed by atoms with Gasteiger partial charge in [0.25, 0.3) is 5.69 Å². The van der Waals surface area contributed by atoms with E-state index in [1.807, 2.05) is 36.4 Å². The minimum Gasteiger partial charge on any atom is -0.489 e. The smallest absolute Gasteiger partial charge is 0.286 e. The molecular formula is C21H17N3O3. The highest BCUT2D eigenvalue weighted by atomic mass is 16.6. The van der Waals surface area contributed by atoms with Gasteiger partial charge in [0, 0.05) is 17.8 Å². The van der Waals surface area contributed by atoms with Crippen LogP contribution in [0.3, 0.4) is 0 Å². The van der Waals surface area contributed by atoms with Gasteiger partial charge in [-0.25, -0.2) is 4.98 Å². The summed E-state index contributed by atoms with van der Waals surface area (Å²) in [4.78, 5) is 15.0. The first-order chi connectivity index (χ1) is 13.1. The summed E-state index contributed by atoms with van der Waals surface area (Å²) in [5.74, 6) is 0.779. The fourth-order valence-electron chi connectivity index (χ4n) is 2.88. The van der Waals surface area contributed by atoms with Crippen molar-refractivity contribution in [1.29, 1.82) is 0 Å². The van der Waals surface area contributed by atoms with Gasteiger partial charge in [0.1, 0.15) is 18.0 Å². The molecule has 0 aliphatic rings. The van der Waals surface area contributed by atoms with Crippen LogP contribution in [0, 0.1) is 17.0 Å². The van der Waals surface area contributed by atoms with Crippen molar-refractivity contribution in [1.82, 2.24) is 9.38 Å². The molecule has 0 saturated carbocycles. The number of nitrogens with zero attached hydrogens (tertiary/aromatic N) is 3. The molecule has 0 radical (unpaired) electrons. The number of ether oxygens (including phenoxy) is 1. The third kappa shape index (κ3) is 3.50. The predicted octanol–water partition coefficient (Wildman–Crippen LogP) is 4.80. The monoisotopic (exact) mass is 359 g/mol. The van der Waals surface area contributed by atoms with Crippen molar-refractivity contribution in [2.75, 3.05) is 0 Å². The second-order valence-corrected chi connectivity index (χ2v) is 6.28. The number of aromatic nitrogens is 2. The number of aryl methyl sites for hydroxylation is 1. The van der Waals surface area contributed by atoms with Crippen LogP contribution in [0.2, 0.25) is 0 Å². The summed E-state index contributed by atoms with van der Waals surface area (Å²) in [5.41, 5.74) is 4.73. The molecule has 27 heavy (non-hydrogen) atoms. The van der Waals surface area contributed by atoms with Crippen LogP contribution in [0.5, 0.6) is 5.75 Å². The number of fused-ring (bicyclic) bond motifs is 1. The molecule has 0 atom stereocenters. The van der Waals surface area contributed by atoms with Crippen molar-refractivity contribution in [2.45, 2.75) is 13.5 Å². The van der Waals surface area contributed by atoms with Gasteiger partial charge in [-0.3, -0.25) is 14.5 Å². The lowest BCUT2D eigenvalue weighted by molar-refractivity contribution is -0.385. The zero-order valence-electron chi connectivity index (χ0n) is 14.7. The zero-order chi connectivity index (χ0) is 18.8. The van der Waals surface area contributed by atoms with E-state index in [-0.39, 0.29) is 5.69 Å². The molecule has 6 nitrogen and oxygen atoms in total. The van der Waals surface area contributed by atoms with Crippen molar-refractivity contribution in [3.8, 4) is 17.0 Å². The number of pyridine rings is 1. The Kier molecular flexibility index (Phi) is 4.30. The van der Waals surface area contributed by atoms with Crippen molar-refractivity contribution < 1.29 is 9.66 Å². The summed E-state index contributed by atoms with van der Waals surface area (Å²) in [5, 5.41) is 10.9. The molecule has 4 rings (SSSR count). The lowest BCUT2D eigenvalue weighted by Gasteiger charge is -2.09. The molecule has 0 unspecified atom stereocenters. The standard InChI is InChI=1S/C21H17N3O3/c1-15-4-2-3-5-17(15)14-27-19-9-6-16(7-10-19)20-13-23-12-18(24(25)26)8-11-21(23)22-20/h2-13H,14H2,1H3. The summed E-state index contributed by atoms with van der Waals surface area (Å²) < 4.78 is 7.53. The topological polar surface area (TPSA) is 69.7 Å². The normalized spacial score (nSPS) is 10.9. The van der Waals surface area contributed by atoms with Crippen molar-refractivity contribution >= 4 is 11.3 Å². The maximum Gasteiger partial charge on any atom is 0.286 e. The average molecular weight is 359 g/mol. The van der Waals surface area contributed by atoms with Crippen LogP contribution in [-0.4, -0.2) is 14.3 Å². The molecule has 0 spiro atoms.